The molecule has 28 heavy (non-hydrogen) atoms. The van der Waals surface area contributed by atoms with Crippen LogP contribution < -0.4 is 0 Å². The zero-order chi connectivity index (χ0) is 20.9. The van der Waals surface area contributed by atoms with Gasteiger partial charge in [0.15, 0.2) is 6.04 Å². The van der Waals surface area contributed by atoms with Crippen molar-refractivity contribution in [2.45, 2.75) is 49.0 Å². The van der Waals surface area contributed by atoms with Gasteiger partial charge in [0.1, 0.15) is 18.0 Å². The molecule has 1 aromatic carbocycles. The second-order valence-corrected chi connectivity index (χ2v) is 8.66. The molecule has 2 aliphatic heterocycles. The Kier molecular flexibility index (Phi) is 5.07. The summed E-state index contributed by atoms with van der Waals surface area (Å²) in [6.45, 7) is 3.08. The minimum Gasteiger partial charge on any atom is -0.459 e. The number of fused-ring (bicyclic) bond motifs is 1. The summed E-state index contributed by atoms with van der Waals surface area (Å²) in [5, 5.41) is -1.20. The molecule has 0 N–H and O–H groups in total. The highest BCUT2D eigenvalue weighted by atomic mass is 32.2. The standard InChI is InChI=1S/C17H16F4N2O4S/c1-16(2)11(14(25)27-8-9-6-4-3-5-7-9)22-12(24)10(13(22)28-16)23(15(18)26)17(19,20)21/h3-7,10-11,13H,8H2,1-2H3/t10-,11+,13-/m1/s1. The van der Waals surface area contributed by atoms with E-state index in [0.717, 1.165) is 16.7 Å². The molecule has 1 aromatic rings. The van der Waals surface area contributed by atoms with Crippen molar-refractivity contribution in [2.75, 3.05) is 0 Å². The van der Waals surface area contributed by atoms with E-state index in [1.165, 1.54) is 0 Å². The molecule has 3 rings (SSSR count). The van der Waals surface area contributed by atoms with E-state index < -0.39 is 51.4 Å². The number of hydrogen-bond donors (Lipinski definition) is 0. The Labute approximate surface area is 161 Å². The molecule has 2 heterocycles. The Morgan fingerprint density at radius 2 is 1.86 bits per heavy atom. The molecule has 6 nitrogen and oxygen atoms in total. The number of amides is 2. The summed E-state index contributed by atoms with van der Waals surface area (Å²) in [6, 6.07) is 5.53. The second kappa shape index (κ2) is 6.94. The lowest BCUT2D eigenvalue weighted by Crippen LogP contribution is -2.73. The number of alkyl halides is 3. The monoisotopic (exact) mass is 420 g/mol. The van der Waals surface area contributed by atoms with Gasteiger partial charge in [-0.25, -0.2) is 14.5 Å². The fourth-order valence-electron chi connectivity index (χ4n) is 3.39. The van der Waals surface area contributed by atoms with Gasteiger partial charge in [0, 0.05) is 4.75 Å². The van der Waals surface area contributed by atoms with Gasteiger partial charge in [-0.15, -0.1) is 29.3 Å². The van der Waals surface area contributed by atoms with E-state index in [1.807, 2.05) is 0 Å². The van der Waals surface area contributed by atoms with Crippen molar-refractivity contribution in [3.8, 4) is 0 Å². The van der Waals surface area contributed by atoms with Gasteiger partial charge in [0.25, 0.3) is 5.91 Å². The van der Waals surface area contributed by atoms with Gasteiger partial charge in [-0.3, -0.25) is 4.79 Å². The molecule has 0 aromatic heterocycles. The maximum atomic E-state index is 13.0. The van der Waals surface area contributed by atoms with Gasteiger partial charge in [-0.1, -0.05) is 30.3 Å². The highest BCUT2D eigenvalue weighted by Gasteiger charge is 2.69. The smallest absolute Gasteiger partial charge is 0.459 e. The van der Waals surface area contributed by atoms with E-state index in [1.54, 1.807) is 44.2 Å². The Balaban J connectivity index is 1.78. The third-order valence-corrected chi connectivity index (χ3v) is 6.16. The van der Waals surface area contributed by atoms with Crippen LogP contribution in [0.2, 0.25) is 0 Å². The minimum absolute atomic E-state index is 0.0648. The Morgan fingerprint density at radius 3 is 2.39 bits per heavy atom. The number of ether oxygens (including phenoxy) is 1. The zero-order valence-electron chi connectivity index (χ0n) is 14.8. The highest BCUT2D eigenvalue weighted by Crippen LogP contribution is 2.53. The number of esters is 1. The van der Waals surface area contributed by atoms with Crippen molar-refractivity contribution >= 4 is 29.8 Å². The molecule has 2 saturated heterocycles. The Hall–Kier alpha value is -2.30. The summed E-state index contributed by atoms with van der Waals surface area (Å²) in [6.07, 6.45) is -8.12. The van der Waals surface area contributed by atoms with E-state index >= 15 is 0 Å². The third-order valence-electron chi connectivity index (χ3n) is 4.60. The normalized spacial score (nSPS) is 25.7. The lowest BCUT2D eigenvalue weighted by molar-refractivity contribution is -0.249. The summed E-state index contributed by atoms with van der Waals surface area (Å²) >= 11 is 0.893. The number of benzene rings is 1. The number of carbonyl (C=O) groups excluding carboxylic acids is 3. The molecule has 2 amide bonds. The number of rotatable bonds is 4. The lowest BCUT2D eigenvalue weighted by atomic mass is 9.95. The molecule has 0 saturated carbocycles. The largest absolute Gasteiger partial charge is 0.490 e. The first-order valence-electron chi connectivity index (χ1n) is 8.21. The number of halogens is 4. The van der Waals surface area contributed by atoms with Crippen LogP contribution in [0.1, 0.15) is 19.4 Å². The topological polar surface area (TPSA) is 66.9 Å². The fourth-order valence-corrected chi connectivity index (χ4v) is 5.05. The summed E-state index contributed by atoms with van der Waals surface area (Å²) < 4.78 is 56.3. The molecule has 2 fully saturated rings. The maximum absolute atomic E-state index is 13.0. The summed E-state index contributed by atoms with van der Waals surface area (Å²) in [5.41, 5.74) is 0.704. The number of thioether (sulfide) groups is 1. The van der Waals surface area contributed by atoms with Gasteiger partial charge in [0.2, 0.25) is 0 Å². The highest BCUT2D eigenvalue weighted by molar-refractivity contribution is 8.01. The van der Waals surface area contributed by atoms with Crippen LogP contribution in [0.25, 0.3) is 0 Å². The summed E-state index contributed by atoms with van der Waals surface area (Å²) in [4.78, 5) is 35.7. The predicted molar refractivity (Wildman–Crippen MR) is 90.5 cm³/mol. The van der Waals surface area contributed by atoms with Crippen LogP contribution in [-0.4, -0.2) is 56.3 Å². The quantitative estimate of drug-likeness (QED) is 0.246. The molecular weight excluding hydrogens is 404 g/mol. The maximum Gasteiger partial charge on any atom is 0.490 e. The predicted octanol–water partition coefficient (Wildman–Crippen LogP) is 3.07. The zero-order valence-corrected chi connectivity index (χ0v) is 15.6. The lowest BCUT2D eigenvalue weighted by Gasteiger charge is -2.47. The van der Waals surface area contributed by atoms with Gasteiger partial charge in [-0.2, -0.15) is 0 Å². The molecule has 0 unspecified atom stereocenters. The van der Waals surface area contributed by atoms with Crippen molar-refractivity contribution in [3.63, 3.8) is 0 Å². The number of hydrogen-bond acceptors (Lipinski definition) is 5. The van der Waals surface area contributed by atoms with Crippen LogP contribution >= 0.6 is 11.8 Å². The molecule has 3 atom stereocenters. The Bertz CT molecular complexity index is 802. The number of nitrogens with zero attached hydrogens (tertiary/aromatic N) is 2. The minimum atomic E-state index is -5.35. The van der Waals surface area contributed by atoms with Crippen molar-refractivity contribution < 1.29 is 36.7 Å². The van der Waals surface area contributed by atoms with Crippen molar-refractivity contribution in [3.05, 3.63) is 35.9 Å². The molecular formula is C17H16F4N2O4S. The van der Waals surface area contributed by atoms with Crippen molar-refractivity contribution in [2.24, 2.45) is 0 Å². The van der Waals surface area contributed by atoms with E-state index in [2.05, 4.69) is 0 Å². The summed E-state index contributed by atoms with van der Waals surface area (Å²) in [7, 11) is 0. The summed E-state index contributed by atoms with van der Waals surface area (Å²) in [5.74, 6) is -1.92. The molecule has 11 heteroatoms. The third kappa shape index (κ3) is 3.43. The first kappa shape index (κ1) is 20.4. The molecule has 0 bridgehead atoms. The first-order valence-corrected chi connectivity index (χ1v) is 9.09. The van der Waals surface area contributed by atoms with E-state index in [9.17, 15) is 31.9 Å². The molecule has 152 valence electrons. The van der Waals surface area contributed by atoms with Crippen LogP contribution in [-0.2, 0) is 20.9 Å². The average molecular weight is 420 g/mol. The van der Waals surface area contributed by atoms with Gasteiger partial charge >= 0.3 is 18.4 Å². The first-order chi connectivity index (χ1) is 12.9. The van der Waals surface area contributed by atoms with Crippen LogP contribution in [0.3, 0.4) is 0 Å². The molecule has 0 radical (unpaired) electrons. The van der Waals surface area contributed by atoms with Crippen molar-refractivity contribution in [1.82, 2.24) is 9.80 Å². The number of β-lactam (4-membered cyclic amide) rings is 1. The van der Waals surface area contributed by atoms with Crippen LogP contribution in [0.5, 0.6) is 0 Å². The molecule has 2 aliphatic rings. The van der Waals surface area contributed by atoms with Crippen LogP contribution in [0, 0.1) is 0 Å². The second-order valence-electron chi connectivity index (χ2n) is 6.89. The number of carbonyl (C=O) groups is 3. The van der Waals surface area contributed by atoms with E-state index in [0.29, 0.717) is 5.56 Å². The SMILES string of the molecule is CC1(C)S[C@@H]2[C@H](N(C(=O)F)C(F)(F)F)C(=O)N2[C@H]1C(=O)OCc1ccccc1. The fraction of sp³-hybridized carbons (Fsp3) is 0.471. The van der Waals surface area contributed by atoms with E-state index in [-0.39, 0.29) is 6.61 Å². The van der Waals surface area contributed by atoms with E-state index in [4.69, 9.17) is 4.74 Å². The average Bonchev–Trinajstić information content (AvgIpc) is 2.85. The molecule has 0 spiro atoms. The van der Waals surface area contributed by atoms with Gasteiger partial charge < -0.3 is 9.64 Å². The van der Waals surface area contributed by atoms with Crippen LogP contribution in [0.4, 0.5) is 22.4 Å². The van der Waals surface area contributed by atoms with Gasteiger partial charge in [0.05, 0.1) is 0 Å². The van der Waals surface area contributed by atoms with Crippen LogP contribution in [0.15, 0.2) is 30.3 Å². The molecule has 0 aliphatic carbocycles. The Morgan fingerprint density at radius 1 is 1.25 bits per heavy atom. The van der Waals surface area contributed by atoms with Gasteiger partial charge in [-0.05, 0) is 19.4 Å². The van der Waals surface area contributed by atoms with Crippen molar-refractivity contribution in [1.29, 1.82) is 0 Å².